The first-order valence-corrected chi connectivity index (χ1v) is 9.98. The molecule has 2 aromatic rings. The van der Waals surface area contributed by atoms with E-state index in [0.29, 0.717) is 17.9 Å². The SMILES string of the molecule is CCc1ccc(N2CC(C(=O)Nc3ccc(NC(=O)C(C)C)cc3)CC2=O)cc1. The number of carbonyl (C=O) groups excluding carboxylic acids is 3. The molecular formula is C23H27N3O3. The number of benzene rings is 2. The fraction of sp³-hybridized carbons (Fsp3) is 0.348. The van der Waals surface area contributed by atoms with Gasteiger partial charge in [-0.25, -0.2) is 0 Å². The van der Waals surface area contributed by atoms with Crippen molar-refractivity contribution in [1.29, 1.82) is 0 Å². The Morgan fingerprint density at radius 1 is 1.00 bits per heavy atom. The number of amides is 3. The number of aryl methyl sites for hydroxylation is 1. The Labute approximate surface area is 171 Å². The van der Waals surface area contributed by atoms with Gasteiger partial charge in [0.15, 0.2) is 0 Å². The number of nitrogens with one attached hydrogen (secondary N) is 2. The second kappa shape index (κ2) is 8.90. The van der Waals surface area contributed by atoms with Crippen molar-refractivity contribution in [2.75, 3.05) is 22.1 Å². The van der Waals surface area contributed by atoms with Gasteiger partial charge in [0, 0.05) is 35.9 Å². The Balaban J connectivity index is 1.59. The van der Waals surface area contributed by atoms with Crippen LogP contribution in [-0.4, -0.2) is 24.3 Å². The summed E-state index contributed by atoms with van der Waals surface area (Å²) in [6.45, 7) is 6.11. The van der Waals surface area contributed by atoms with Crippen LogP contribution in [0.4, 0.5) is 17.1 Å². The van der Waals surface area contributed by atoms with Crippen molar-refractivity contribution in [2.45, 2.75) is 33.6 Å². The lowest BCUT2D eigenvalue weighted by molar-refractivity contribution is -0.122. The van der Waals surface area contributed by atoms with Gasteiger partial charge in [0.2, 0.25) is 17.7 Å². The zero-order valence-electron chi connectivity index (χ0n) is 17.1. The quantitative estimate of drug-likeness (QED) is 0.783. The van der Waals surface area contributed by atoms with Crippen molar-refractivity contribution in [3.63, 3.8) is 0 Å². The van der Waals surface area contributed by atoms with Gasteiger partial charge in [0.05, 0.1) is 5.92 Å². The summed E-state index contributed by atoms with van der Waals surface area (Å²) >= 11 is 0. The molecule has 1 aliphatic heterocycles. The topological polar surface area (TPSA) is 78.5 Å². The number of nitrogens with zero attached hydrogens (tertiary/aromatic N) is 1. The molecule has 0 radical (unpaired) electrons. The number of hydrogen-bond acceptors (Lipinski definition) is 3. The summed E-state index contributed by atoms with van der Waals surface area (Å²) in [5.74, 6) is -0.770. The van der Waals surface area contributed by atoms with Crippen LogP contribution in [0.1, 0.15) is 32.8 Å². The smallest absolute Gasteiger partial charge is 0.229 e. The minimum atomic E-state index is -0.395. The van der Waals surface area contributed by atoms with Gasteiger partial charge in [-0.3, -0.25) is 14.4 Å². The highest BCUT2D eigenvalue weighted by Gasteiger charge is 2.35. The van der Waals surface area contributed by atoms with Gasteiger partial charge in [-0.2, -0.15) is 0 Å². The van der Waals surface area contributed by atoms with Crippen LogP contribution in [0.3, 0.4) is 0 Å². The average molecular weight is 393 g/mol. The maximum Gasteiger partial charge on any atom is 0.229 e. The van der Waals surface area contributed by atoms with Gasteiger partial charge in [-0.15, -0.1) is 0 Å². The van der Waals surface area contributed by atoms with E-state index in [-0.39, 0.29) is 30.1 Å². The van der Waals surface area contributed by atoms with E-state index in [1.54, 1.807) is 29.2 Å². The third-order valence-corrected chi connectivity index (χ3v) is 5.10. The predicted molar refractivity (Wildman–Crippen MR) is 115 cm³/mol. The molecule has 1 aliphatic rings. The summed E-state index contributed by atoms with van der Waals surface area (Å²) in [6.07, 6.45) is 1.14. The predicted octanol–water partition coefficient (Wildman–Crippen LogP) is 3.84. The summed E-state index contributed by atoms with van der Waals surface area (Å²) in [5, 5.41) is 5.68. The lowest BCUT2D eigenvalue weighted by Crippen LogP contribution is -2.28. The van der Waals surface area contributed by atoms with Crippen LogP contribution in [0.25, 0.3) is 0 Å². The molecule has 1 saturated heterocycles. The van der Waals surface area contributed by atoms with E-state index in [9.17, 15) is 14.4 Å². The van der Waals surface area contributed by atoms with Crippen LogP contribution in [0.5, 0.6) is 0 Å². The van der Waals surface area contributed by atoms with Crippen LogP contribution in [0.2, 0.25) is 0 Å². The summed E-state index contributed by atoms with van der Waals surface area (Å²) in [6, 6.07) is 14.9. The fourth-order valence-electron chi connectivity index (χ4n) is 3.21. The zero-order valence-corrected chi connectivity index (χ0v) is 17.1. The second-order valence-corrected chi connectivity index (χ2v) is 7.64. The van der Waals surface area contributed by atoms with Gasteiger partial charge in [-0.05, 0) is 48.4 Å². The Bertz CT molecular complexity index is 889. The van der Waals surface area contributed by atoms with Crippen molar-refractivity contribution in [2.24, 2.45) is 11.8 Å². The van der Waals surface area contributed by atoms with Crippen molar-refractivity contribution < 1.29 is 14.4 Å². The molecule has 0 aliphatic carbocycles. The van der Waals surface area contributed by atoms with Crippen LogP contribution < -0.4 is 15.5 Å². The van der Waals surface area contributed by atoms with Gasteiger partial charge in [-0.1, -0.05) is 32.9 Å². The van der Waals surface area contributed by atoms with Crippen LogP contribution in [0, 0.1) is 11.8 Å². The summed E-state index contributed by atoms with van der Waals surface area (Å²) in [7, 11) is 0. The van der Waals surface area contributed by atoms with Crippen molar-refractivity contribution in [3.05, 3.63) is 54.1 Å². The molecule has 6 heteroatoms. The molecule has 152 valence electrons. The maximum atomic E-state index is 12.6. The van der Waals surface area contributed by atoms with Crippen molar-refractivity contribution in [1.82, 2.24) is 0 Å². The molecule has 3 rings (SSSR count). The standard InChI is InChI=1S/C23H27N3O3/c1-4-16-5-11-20(12-6-16)26-14-17(13-21(26)27)23(29)25-19-9-7-18(8-10-19)24-22(28)15(2)3/h5-12,15,17H,4,13-14H2,1-3H3,(H,24,28)(H,25,29). The number of rotatable bonds is 6. The monoisotopic (exact) mass is 393 g/mol. The van der Waals surface area contributed by atoms with Gasteiger partial charge in [0.25, 0.3) is 0 Å². The second-order valence-electron chi connectivity index (χ2n) is 7.64. The first-order valence-electron chi connectivity index (χ1n) is 9.98. The van der Waals surface area contributed by atoms with E-state index in [4.69, 9.17) is 0 Å². The minimum Gasteiger partial charge on any atom is -0.326 e. The molecule has 2 N–H and O–H groups in total. The summed E-state index contributed by atoms with van der Waals surface area (Å²) in [5.41, 5.74) is 3.35. The third kappa shape index (κ3) is 5.02. The molecule has 0 spiro atoms. The number of carbonyl (C=O) groups is 3. The van der Waals surface area contributed by atoms with E-state index < -0.39 is 5.92 Å². The van der Waals surface area contributed by atoms with Crippen molar-refractivity contribution in [3.8, 4) is 0 Å². The van der Waals surface area contributed by atoms with Gasteiger partial charge < -0.3 is 15.5 Å². The molecule has 1 unspecified atom stereocenters. The van der Waals surface area contributed by atoms with E-state index in [1.165, 1.54) is 5.56 Å². The molecule has 2 aromatic carbocycles. The van der Waals surface area contributed by atoms with Crippen LogP contribution >= 0.6 is 0 Å². The largest absolute Gasteiger partial charge is 0.326 e. The van der Waals surface area contributed by atoms with Gasteiger partial charge >= 0.3 is 0 Å². The highest BCUT2D eigenvalue weighted by Crippen LogP contribution is 2.26. The molecule has 6 nitrogen and oxygen atoms in total. The van der Waals surface area contributed by atoms with Crippen LogP contribution in [0.15, 0.2) is 48.5 Å². The van der Waals surface area contributed by atoms with Gasteiger partial charge in [0.1, 0.15) is 0 Å². The lowest BCUT2D eigenvalue weighted by atomic mass is 10.1. The number of anilines is 3. The molecule has 1 atom stereocenters. The molecule has 0 aromatic heterocycles. The first-order chi connectivity index (χ1) is 13.9. The minimum absolute atomic E-state index is 0.0406. The van der Waals surface area contributed by atoms with Crippen LogP contribution in [-0.2, 0) is 20.8 Å². The van der Waals surface area contributed by atoms with E-state index >= 15 is 0 Å². The zero-order chi connectivity index (χ0) is 21.0. The number of hydrogen-bond donors (Lipinski definition) is 2. The highest BCUT2D eigenvalue weighted by atomic mass is 16.2. The first kappa shape index (κ1) is 20.6. The molecule has 0 bridgehead atoms. The molecule has 3 amide bonds. The maximum absolute atomic E-state index is 12.6. The van der Waals surface area contributed by atoms with E-state index in [2.05, 4.69) is 17.6 Å². The Hall–Kier alpha value is -3.15. The normalized spacial score (nSPS) is 16.2. The van der Waals surface area contributed by atoms with E-state index in [0.717, 1.165) is 12.1 Å². The summed E-state index contributed by atoms with van der Waals surface area (Å²) in [4.78, 5) is 38.5. The Morgan fingerprint density at radius 3 is 2.14 bits per heavy atom. The molecule has 1 fully saturated rings. The third-order valence-electron chi connectivity index (χ3n) is 5.10. The Kier molecular flexibility index (Phi) is 6.32. The highest BCUT2D eigenvalue weighted by molar-refractivity contribution is 6.03. The van der Waals surface area contributed by atoms with Crippen molar-refractivity contribution >= 4 is 34.8 Å². The fourth-order valence-corrected chi connectivity index (χ4v) is 3.21. The molecule has 1 heterocycles. The molecular weight excluding hydrogens is 366 g/mol. The van der Waals surface area contributed by atoms with E-state index in [1.807, 2.05) is 38.1 Å². The molecule has 0 saturated carbocycles. The summed E-state index contributed by atoms with van der Waals surface area (Å²) < 4.78 is 0. The molecule has 29 heavy (non-hydrogen) atoms. The average Bonchev–Trinajstić information content (AvgIpc) is 3.11. The lowest BCUT2D eigenvalue weighted by Gasteiger charge is -2.17. The Morgan fingerprint density at radius 2 is 1.59 bits per heavy atom.